The summed E-state index contributed by atoms with van der Waals surface area (Å²) in [7, 11) is 0. The molecule has 4 heteroatoms. The molecule has 0 radical (unpaired) electrons. The molecule has 1 heterocycles. The van der Waals surface area contributed by atoms with Crippen LogP contribution in [0.15, 0.2) is 42.5 Å². The number of hydrogen-bond donors (Lipinski definition) is 1. The first-order valence-electron chi connectivity index (χ1n) is 7.39. The van der Waals surface area contributed by atoms with Crippen LogP contribution in [0.4, 0.5) is 0 Å². The third kappa shape index (κ3) is 2.85. The van der Waals surface area contributed by atoms with Gasteiger partial charge in [-0.25, -0.2) is 0 Å². The molecule has 1 amide bonds. The molecule has 0 saturated carbocycles. The van der Waals surface area contributed by atoms with E-state index >= 15 is 0 Å². The van der Waals surface area contributed by atoms with Crippen molar-refractivity contribution >= 4 is 16.7 Å². The van der Waals surface area contributed by atoms with Gasteiger partial charge in [0.1, 0.15) is 5.75 Å². The highest BCUT2D eigenvalue weighted by atomic mass is 16.5. The lowest BCUT2D eigenvalue weighted by Gasteiger charge is -2.23. The van der Waals surface area contributed by atoms with Crippen molar-refractivity contribution in [2.24, 2.45) is 5.73 Å². The Kier molecular flexibility index (Phi) is 4.06. The molecule has 2 aromatic rings. The summed E-state index contributed by atoms with van der Waals surface area (Å²) in [5.41, 5.74) is 5.71. The predicted octanol–water partition coefficient (Wildman–Crippen LogP) is 2.17. The third-order valence-electron chi connectivity index (χ3n) is 4.07. The van der Waals surface area contributed by atoms with E-state index in [9.17, 15) is 4.79 Å². The van der Waals surface area contributed by atoms with E-state index < -0.39 is 0 Å². The molecule has 1 fully saturated rings. The van der Waals surface area contributed by atoms with Crippen LogP contribution in [0.3, 0.4) is 0 Å². The number of nitrogens with two attached hydrogens (primary N) is 1. The highest BCUT2D eigenvalue weighted by molar-refractivity contribution is 5.88. The minimum Gasteiger partial charge on any atom is -0.483 e. The van der Waals surface area contributed by atoms with Crippen LogP contribution in [0.2, 0.25) is 0 Å². The van der Waals surface area contributed by atoms with E-state index in [1.54, 1.807) is 0 Å². The topological polar surface area (TPSA) is 55.6 Å². The Bertz CT molecular complexity index is 636. The Hall–Kier alpha value is -2.07. The van der Waals surface area contributed by atoms with Gasteiger partial charge in [-0.15, -0.1) is 0 Å². The van der Waals surface area contributed by atoms with Gasteiger partial charge in [-0.3, -0.25) is 4.79 Å². The summed E-state index contributed by atoms with van der Waals surface area (Å²) in [6.45, 7) is 1.39. The Labute approximate surface area is 124 Å². The predicted molar refractivity (Wildman–Crippen MR) is 83.2 cm³/mol. The lowest BCUT2D eigenvalue weighted by Crippen LogP contribution is -2.42. The molecule has 21 heavy (non-hydrogen) atoms. The summed E-state index contributed by atoms with van der Waals surface area (Å²) in [6, 6.07) is 14.1. The Morgan fingerprint density at radius 3 is 2.90 bits per heavy atom. The molecule has 1 aliphatic rings. The molecule has 2 N–H and O–H groups in total. The van der Waals surface area contributed by atoms with Gasteiger partial charge in [-0.1, -0.05) is 36.4 Å². The van der Waals surface area contributed by atoms with Crippen LogP contribution in [0.25, 0.3) is 10.8 Å². The fourth-order valence-corrected chi connectivity index (χ4v) is 2.95. The maximum atomic E-state index is 12.3. The van der Waals surface area contributed by atoms with Crippen LogP contribution in [-0.4, -0.2) is 36.5 Å². The zero-order chi connectivity index (χ0) is 14.7. The molecule has 0 bridgehead atoms. The molecule has 0 aromatic heterocycles. The summed E-state index contributed by atoms with van der Waals surface area (Å²) >= 11 is 0. The van der Waals surface area contributed by atoms with Crippen molar-refractivity contribution in [3.05, 3.63) is 42.5 Å². The molecular formula is C17H20N2O2. The van der Waals surface area contributed by atoms with Crippen LogP contribution >= 0.6 is 0 Å². The summed E-state index contributed by atoms with van der Waals surface area (Å²) in [5, 5.41) is 2.15. The number of carbonyl (C=O) groups is 1. The molecular weight excluding hydrogens is 264 g/mol. The summed E-state index contributed by atoms with van der Waals surface area (Å²) in [5.74, 6) is 0.779. The van der Waals surface area contributed by atoms with Gasteiger partial charge in [0, 0.05) is 24.5 Å². The molecule has 110 valence electrons. The van der Waals surface area contributed by atoms with E-state index in [0.717, 1.165) is 35.9 Å². The number of ether oxygens (including phenoxy) is 1. The van der Waals surface area contributed by atoms with Gasteiger partial charge in [0.15, 0.2) is 6.61 Å². The number of fused-ring (bicyclic) bond motifs is 1. The van der Waals surface area contributed by atoms with Crippen molar-refractivity contribution in [1.82, 2.24) is 4.90 Å². The normalized spacial score (nSPS) is 18.1. The maximum absolute atomic E-state index is 12.3. The van der Waals surface area contributed by atoms with Crippen molar-refractivity contribution in [3.8, 4) is 5.75 Å². The van der Waals surface area contributed by atoms with Crippen molar-refractivity contribution in [1.29, 1.82) is 0 Å². The Balaban J connectivity index is 1.70. The van der Waals surface area contributed by atoms with E-state index in [2.05, 4.69) is 0 Å². The molecule has 0 aliphatic carbocycles. The molecule has 3 rings (SSSR count). The molecule has 1 unspecified atom stereocenters. The molecule has 2 aromatic carbocycles. The number of nitrogens with zero attached hydrogens (tertiary/aromatic N) is 1. The lowest BCUT2D eigenvalue weighted by atomic mass is 10.1. The van der Waals surface area contributed by atoms with Crippen molar-refractivity contribution in [3.63, 3.8) is 0 Å². The minimum atomic E-state index is 0.0240. The van der Waals surface area contributed by atoms with Crippen molar-refractivity contribution in [2.75, 3.05) is 19.7 Å². The standard InChI is InChI=1S/C17H20N2O2/c18-11-14-7-4-10-19(14)17(20)12-21-16-9-3-6-13-5-1-2-8-15(13)16/h1-3,5-6,8-9,14H,4,7,10-12,18H2. The van der Waals surface area contributed by atoms with E-state index in [0.29, 0.717) is 6.54 Å². The van der Waals surface area contributed by atoms with Crippen molar-refractivity contribution in [2.45, 2.75) is 18.9 Å². The maximum Gasteiger partial charge on any atom is 0.260 e. The van der Waals surface area contributed by atoms with Crippen LogP contribution in [0.1, 0.15) is 12.8 Å². The van der Waals surface area contributed by atoms with E-state index in [-0.39, 0.29) is 18.6 Å². The van der Waals surface area contributed by atoms with Gasteiger partial charge < -0.3 is 15.4 Å². The number of likely N-dealkylation sites (tertiary alicyclic amines) is 1. The fourth-order valence-electron chi connectivity index (χ4n) is 2.95. The molecule has 0 spiro atoms. The van der Waals surface area contributed by atoms with Gasteiger partial charge in [-0.05, 0) is 24.3 Å². The fraction of sp³-hybridized carbons (Fsp3) is 0.353. The van der Waals surface area contributed by atoms with Crippen LogP contribution < -0.4 is 10.5 Å². The first-order valence-corrected chi connectivity index (χ1v) is 7.39. The summed E-state index contributed by atoms with van der Waals surface area (Å²) < 4.78 is 5.75. The van der Waals surface area contributed by atoms with Gasteiger partial charge in [-0.2, -0.15) is 0 Å². The average molecular weight is 284 g/mol. The first-order chi connectivity index (χ1) is 10.3. The van der Waals surface area contributed by atoms with E-state index in [1.807, 2.05) is 47.4 Å². The smallest absolute Gasteiger partial charge is 0.260 e. The van der Waals surface area contributed by atoms with Gasteiger partial charge in [0.25, 0.3) is 5.91 Å². The van der Waals surface area contributed by atoms with Gasteiger partial charge in [0.2, 0.25) is 0 Å². The Morgan fingerprint density at radius 1 is 1.24 bits per heavy atom. The van der Waals surface area contributed by atoms with Crippen LogP contribution in [0, 0.1) is 0 Å². The monoisotopic (exact) mass is 284 g/mol. The summed E-state index contributed by atoms with van der Waals surface area (Å²) in [4.78, 5) is 14.1. The van der Waals surface area contributed by atoms with Crippen molar-refractivity contribution < 1.29 is 9.53 Å². The van der Waals surface area contributed by atoms with Crippen LogP contribution in [-0.2, 0) is 4.79 Å². The zero-order valence-corrected chi connectivity index (χ0v) is 12.0. The average Bonchev–Trinajstić information content (AvgIpc) is 3.01. The number of benzene rings is 2. The lowest BCUT2D eigenvalue weighted by molar-refractivity contribution is -0.134. The number of hydrogen-bond acceptors (Lipinski definition) is 3. The molecule has 1 saturated heterocycles. The number of amides is 1. The summed E-state index contributed by atoms with van der Waals surface area (Å²) in [6.07, 6.45) is 2.03. The molecule has 1 aliphatic heterocycles. The molecule has 4 nitrogen and oxygen atoms in total. The second-order valence-electron chi connectivity index (χ2n) is 5.38. The SMILES string of the molecule is NCC1CCCN1C(=O)COc1cccc2ccccc12. The highest BCUT2D eigenvalue weighted by Crippen LogP contribution is 2.25. The largest absolute Gasteiger partial charge is 0.483 e. The molecule has 1 atom stereocenters. The van der Waals surface area contributed by atoms with E-state index in [4.69, 9.17) is 10.5 Å². The van der Waals surface area contributed by atoms with E-state index in [1.165, 1.54) is 0 Å². The second-order valence-corrected chi connectivity index (χ2v) is 5.38. The van der Waals surface area contributed by atoms with Gasteiger partial charge >= 0.3 is 0 Å². The second kappa shape index (κ2) is 6.14. The quantitative estimate of drug-likeness (QED) is 0.936. The van der Waals surface area contributed by atoms with Gasteiger partial charge in [0.05, 0.1) is 0 Å². The third-order valence-corrected chi connectivity index (χ3v) is 4.07. The first kappa shape index (κ1) is 13.9. The minimum absolute atomic E-state index is 0.0240. The number of carbonyl (C=O) groups excluding carboxylic acids is 1. The zero-order valence-electron chi connectivity index (χ0n) is 12.0. The van der Waals surface area contributed by atoms with Crippen LogP contribution in [0.5, 0.6) is 5.75 Å². The number of rotatable bonds is 4. The highest BCUT2D eigenvalue weighted by Gasteiger charge is 2.27. The Morgan fingerprint density at radius 2 is 2.05 bits per heavy atom.